The lowest BCUT2D eigenvalue weighted by atomic mass is 10.1. The van der Waals surface area contributed by atoms with Crippen LogP contribution in [0.4, 0.5) is 0 Å². The third kappa shape index (κ3) is 2.85. The van der Waals surface area contributed by atoms with Crippen molar-refractivity contribution in [3.8, 4) is 11.8 Å². The Morgan fingerprint density at radius 3 is 2.00 bits per heavy atom. The Hall–Kier alpha value is -2.28. The van der Waals surface area contributed by atoms with Gasteiger partial charge in [-0.3, -0.25) is 0 Å². The van der Waals surface area contributed by atoms with Crippen LogP contribution in [0, 0.1) is 17.8 Å². The molecule has 4 nitrogen and oxygen atoms in total. The van der Waals surface area contributed by atoms with E-state index in [9.17, 15) is 9.59 Å². The van der Waals surface area contributed by atoms with E-state index in [0.717, 1.165) is 18.9 Å². The van der Waals surface area contributed by atoms with Crippen LogP contribution < -0.4 is 0 Å². The van der Waals surface area contributed by atoms with Crippen LogP contribution in [0.2, 0.25) is 0 Å². The molecule has 1 saturated carbocycles. The Bertz CT molecular complexity index is 512. The summed E-state index contributed by atoms with van der Waals surface area (Å²) in [5.41, 5.74) is 0.337. The molecule has 2 N–H and O–H groups in total. The quantitative estimate of drug-likeness (QED) is 0.760. The van der Waals surface area contributed by atoms with Crippen LogP contribution in [0.1, 0.15) is 39.1 Å². The molecule has 17 heavy (non-hydrogen) atoms. The molecule has 0 saturated heterocycles. The minimum atomic E-state index is -1.15. The van der Waals surface area contributed by atoms with Gasteiger partial charge >= 0.3 is 11.9 Å². The maximum absolute atomic E-state index is 10.8. The molecule has 0 aliphatic heterocycles. The molecule has 0 spiro atoms. The van der Waals surface area contributed by atoms with Gasteiger partial charge in [0.2, 0.25) is 0 Å². The van der Waals surface area contributed by atoms with E-state index in [1.54, 1.807) is 0 Å². The molecule has 0 bridgehead atoms. The molecule has 0 radical (unpaired) electrons. The number of carbonyl (C=O) groups is 2. The van der Waals surface area contributed by atoms with Gasteiger partial charge in [-0.1, -0.05) is 11.8 Å². The summed E-state index contributed by atoms with van der Waals surface area (Å²) in [7, 11) is 0. The predicted molar refractivity (Wildman–Crippen MR) is 60.0 cm³/mol. The average Bonchev–Trinajstić information content (AvgIpc) is 3.09. The molecule has 86 valence electrons. The lowest BCUT2D eigenvalue weighted by Gasteiger charge is -1.99. The van der Waals surface area contributed by atoms with Crippen molar-refractivity contribution in [2.75, 3.05) is 0 Å². The largest absolute Gasteiger partial charge is 0.478 e. The number of benzene rings is 1. The van der Waals surface area contributed by atoms with Gasteiger partial charge in [0.15, 0.2) is 0 Å². The van der Waals surface area contributed by atoms with E-state index in [0.29, 0.717) is 11.5 Å². The molecule has 1 aliphatic rings. The van der Waals surface area contributed by atoms with Gasteiger partial charge < -0.3 is 10.2 Å². The van der Waals surface area contributed by atoms with Gasteiger partial charge in [0.1, 0.15) is 0 Å². The first-order valence-corrected chi connectivity index (χ1v) is 5.19. The third-order valence-electron chi connectivity index (χ3n) is 2.42. The zero-order valence-corrected chi connectivity index (χ0v) is 8.93. The molecule has 0 amide bonds. The number of hydrogen-bond acceptors (Lipinski definition) is 2. The van der Waals surface area contributed by atoms with Gasteiger partial charge in [0, 0.05) is 11.5 Å². The van der Waals surface area contributed by atoms with E-state index in [1.165, 1.54) is 12.1 Å². The van der Waals surface area contributed by atoms with Crippen LogP contribution in [0.3, 0.4) is 0 Å². The highest BCUT2D eigenvalue weighted by Gasteiger charge is 2.18. The first-order chi connectivity index (χ1) is 8.06. The summed E-state index contributed by atoms with van der Waals surface area (Å²) >= 11 is 0. The van der Waals surface area contributed by atoms with Crippen LogP contribution in [-0.4, -0.2) is 22.2 Å². The van der Waals surface area contributed by atoms with Crippen molar-refractivity contribution < 1.29 is 19.8 Å². The SMILES string of the molecule is O=C(O)c1cc(C#CC2CC2)cc(C(=O)O)c1. The van der Waals surface area contributed by atoms with Crippen molar-refractivity contribution in [2.24, 2.45) is 5.92 Å². The topological polar surface area (TPSA) is 74.6 Å². The van der Waals surface area contributed by atoms with Crippen molar-refractivity contribution in [1.82, 2.24) is 0 Å². The number of aromatic carboxylic acids is 2. The second kappa shape index (κ2) is 4.30. The van der Waals surface area contributed by atoms with Gasteiger partial charge in [0.25, 0.3) is 0 Å². The molecule has 2 rings (SSSR count). The van der Waals surface area contributed by atoms with Crippen molar-refractivity contribution in [3.63, 3.8) is 0 Å². The Labute approximate surface area is 97.9 Å². The normalized spacial score (nSPS) is 13.6. The van der Waals surface area contributed by atoms with Gasteiger partial charge in [-0.15, -0.1) is 0 Å². The summed E-state index contributed by atoms with van der Waals surface area (Å²) in [6.07, 6.45) is 2.13. The number of hydrogen-bond donors (Lipinski definition) is 2. The number of rotatable bonds is 2. The maximum atomic E-state index is 10.8. The summed E-state index contributed by atoms with van der Waals surface area (Å²) in [4.78, 5) is 21.7. The smallest absolute Gasteiger partial charge is 0.335 e. The first-order valence-electron chi connectivity index (χ1n) is 5.19. The first kappa shape index (κ1) is 11.2. The molecular weight excluding hydrogens is 220 g/mol. The van der Waals surface area contributed by atoms with E-state index >= 15 is 0 Å². The second-order valence-corrected chi connectivity index (χ2v) is 3.95. The van der Waals surface area contributed by atoms with Crippen LogP contribution in [-0.2, 0) is 0 Å². The van der Waals surface area contributed by atoms with Crippen LogP contribution >= 0.6 is 0 Å². The molecule has 1 aromatic carbocycles. The maximum Gasteiger partial charge on any atom is 0.335 e. The van der Waals surface area contributed by atoms with E-state index in [4.69, 9.17) is 10.2 Å². The van der Waals surface area contributed by atoms with Crippen molar-refractivity contribution >= 4 is 11.9 Å². The Kier molecular flexibility index (Phi) is 2.84. The summed E-state index contributed by atoms with van der Waals surface area (Å²) in [5, 5.41) is 17.7. The fraction of sp³-hybridized carbons (Fsp3) is 0.231. The van der Waals surface area contributed by atoms with E-state index in [2.05, 4.69) is 11.8 Å². The highest BCUT2D eigenvalue weighted by molar-refractivity contribution is 5.94. The highest BCUT2D eigenvalue weighted by atomic mass is 16.4. The lowest BCUT2D eigenvalue weighted by molar-refractivity contribution is 0.0696. The van der Waals surface area contributed by atoms with Crippen molar-refractivity contribution in [2.45, 2.75) is 12.8 Å². The van der Waals surface area contributed by atoms with E-state index in [1.807, 2.05) is 0 Å². The molecule has 0 unspecified atom stereocenters. The third-order valence-corrected chi connectivity index (χ3v) is 2.42. The average molecular weight is 230 g/mol. The monoisotopic (exact) mass is 230 g/mol. The molecular formula is C13H10O4. The molecule has 1 aromatic rings. The standard InChI is InChI=1S/C13H10O4/c14-12(15)10-5-9(4-3-8-1-2-8)6-11(7-10)13(16)17/h5-8H,1-2H2,(H,14,15)(H,16,17). The van der Waals surface area contributed by atoms with E-state index in [-0.39, 0.29) is 11.1 Å². The van der Waals surface area contributed by atoms with Crippen LogP contribution in [0.25, 0.3) is 0 Å². The second-order valence-electron chi connectivity index (χ2n) is 3.95. The fourth-order valence-corrected chi connectivity index (χ4v) is 1.36. The molecule has 0 heterocycles. The van der Waals surface area contributed by atoms with Crippen molar-refractivity contribution in [1.29, 1.82) is 0 Å². The van der Waals surface area contributed by atoms with Crippen molar-refractivity contribution in [3.05, 3.63) is 34.9 Å². The van der Waals surface area contributed by atoms with Gasteiger partial charge in [-0.25, -0.2) is 9.59 Å². The summed E-state index contributed by atoms with van der Waals surface area (Å²) in [6, 6.07) is 3.92. The lowest BCUT2D eigenvalue weighted by Crippen LogP contribution is -2.03. The van der Waals surface area contributed by atoms with Gasteiger partial charge in [-0.2, -0.15) is 0 Å². The molecule has 0 atom stereocenters. The summed E-state index contributed by atoms with van der Waals surface area (Å²) in [6.45, 7) is 0. The minimum Gasteiger partial charge on any atom is -0.478 e. The molecule has 1 aliphatic carbocycles. The zero-order chi connectivity index (χ0) is 12.4. The zero-order valence-electron chi connectivity index (χ0n) is 8.93. The molecule has 4 heteroatoms. The Morgan fingerprint density at radius 1 is 1.06 bits per heavy atom. The highest BCUT2D eigenvalue weighted by Crippen LogP contribution is 2.27. The minimum absolute atomic E-state index is 0.0509. The molecule has 0 aromatic heterocycles. The number of carboxylic acids is 2. The Balaban J connectivity index is 2.40. The van der Waals surface area contributed by atoms with Gasteiger partial charge in [-0.05, 0) is 31.0 Å². The Morgan fingerprint density at radius 2 is 1.59 bits per heavy atom. The summed E-state index contributed by atoms with van der Waals surface area (Å²) in [5.74, 6) is 3.87. The van der Waals surface area contributed by atoms with Gasteiger partial charge in [0.05, 0.1) is 11.1 Å². The fourth-order valence-electron chi connectivity index (χ4n) is 1.36. The van der Waals surface area contributed by atoms with Crippen LogP contribution in [0.15, 0.2) is 18.2 Å². The summed E-state index contributed by atoms with van der Waals surface area (Å²) < 4.78 is 0. The predicted octanol–water partition coefficient (Wildman–Crippen LogP) is 1.84. The molecule has 1 fully saturated rings. The van der Waals surface area contributed by atoms with E-state index < -0.39 is 11.9 Å². The number of carboxylic acid groups (broad SMARTS) is 2. The van der Waals surface area contributed by atoms with Crippen LogP contribution in [0.5, 0.6) is 0 Å².